The number of carbonyl (C=O) groups is 4. The van der Waals surface area contributed by atoms with E-state index in [1.54, 1.807) is 46.8 Å². The second-order valence-electron chi connectivity index (χ2n) is 13.1. The number of aromatic hydroxyl groups is 1. The van der Waals surface area contributed by atoms with Gasteiger partial charge in [0, 0.05) is 51.9 Å². The summed E-state index contributed by atoms with van der Waals surface area (Å²) in [4.78, 5) is 54.4. The van der Waals surface area contributed by atoms with Crippen LogP contribution in [0.4, 0.5) is 0 Å². The number of allylic oxidation sites excluding steroid dienone is 4. The first kappa shape index (κ1) is 36.9. The molecule has 7 N–H and O–H groups in total. The molecular weight excluding hydrogens is 590 g/mol. The Hall–Kier alpha value is -3.54. The van der Waals surface area contributed by atoms with Gasteiger partial charge in [0.2, 0.25) is 0 Å². The zero-order valence-electron chi connectivity index (χ0n) is 27.7. The molecule has 0 fully saturated rings. The number of carbonyl (C=O) groups excluding carboxylic acids is 4. The topological polar surface area (TPSA) is 195 Å². The van der Waals surface area contributed by atoms with Gasteiger partial charge in [0.15, 0.2) is 23.1 Å². The van der Waals surface area contributed by atoms with Gasteiger partial charge in [-0.1, -0.05) is 58.9 Å². The van der Waals surface area contributed by atoms with E-state index in [1.807, 2.05) is 0 Å². The Morgan fingerprint density at radius 2 is 1.20 bits per heavy atom. The number of phenols is 1. The van der Waals surface area contributed by atoms with Gasteiger partial charge in [-0.2, -0.15) is 0 Å². The Labute approximate surface area is 270 Å². The molecule has 0 saturated carbocycles. The van der Waals surface area contributed by atoms with Gasteiger partial charge in [-0.05, 0) is 44.1 Å². The molecule has 4 bridgehead atoms. The molecule has 0 aliphatic heterocycles. The van der Waals surface area contributed by atoms with Gasteiger partial charge in [0.25, 0.3) is 0 Å². The summed E-state index contributed by atoms with van der Waals surface area (Å²) >= 11 is 0. The highest BCUT2D eigenvalue weighted by Crippen LogP contribution is 2.37. The number of nitrogens with two attached hydrogens (primary N) is 1. The molecule has 0 radical (unpaired) electrons. The summed E-state index contributed by atoms with van der Waals surface area (Å²) in [6.45, 7) is 12.6. The lowest BCUT2D eigenvalue weighted by Crippen LogP contribution is -2.45. The van der Waals surface area contributed by atoms with Crippen molar-refractivity contribution in [3.05, 3.63) is 75.4 Å². The van der Waals surface area contributed by atoms with Crippen molar-refractivity contribution in [2.24, 2.45) is 35.3 Å². The second kappa shape index (κ2) is 14.5. The van der Waals surface area contributed by atoms with E-state index in [0.29, 0.717) is 0 Å². The van der Waals surface area contributed by atoms with Gasteiger partial charge in [0.05, 0.1) is 36.0 Å². The average Bonchev–Trinajstić information content (AvgIpc) is 3.03. The number of Topliss-reactive ketones (excluding diaryl/α,β-unsaturated/α-hetero) is 3. The van der Waals surface area contributed by atoms with E-state index in [0.717, 1.165) is 6.08 Å². The molecule has 1 aromatic carbocycles. The number of phenolic OH excluding ortho intramolecular Hbond substituents is 1. The minimum absolute atomic E-state index is 0.119. The molecule has 10 nitrogen and oxygen atoms in total. The molecule has 0 aromatic heterocycles. The van der Waals surface area contributed by atoms with Crippen molar-refractivity contribution in [1.82, 2.24) is 0 Å². The first-order valence-corrected chi connectivity index (χ1v) is 15.6. The van der Waals surface area contributed by atoms with Gasteiger partial charge in [-0.15, -0.1) is 0 Å². The van der Waals surface area contributed by atoms with Crippen molar-refractivity contribution in [2.75, 3.05) is 0 Å². The molecule has 4 rings (SSSR count). The number of fused-ring (bicyclic) bond motifs is 15. The van der Waals surface area contributed by atoms with Crippen LogP contribution in [0.25, 0.3) is 0 Å². The lowest BCUT2D eigenvalue weighted by Gasteiger charge is -2.36. The number of hydrogen-bond acceptors (Lipinski definition) is 10. The fourth-order valence-electron chi connectivity index (χ4n) is 6.37. The van der Waals surface area contributed by atoms with Crippen molar-refractivity contribution in [2.45, 2.75) is 85.8 Å². The summed E-state index contributed by atoms with van der Waals surface area (Å²) in [5, 5.41) is 55.1. The number of aliphatic hydroxyl groups excluding tert-OH is 4. The maximum Gasteiger partial charge on any atom is 0.192 e. The van der Waals surface area contributed by atoms with Crippen LogP contribution in [-0.2, 0) is 4.79 Å². The van der Waals surface area contributed by atoms with Gasteiger partial charge in [-0.25, -0.2) is 0 Å². The third-order valence-electron chi connectivity index (χ3n) is 9.80. The summed E-state index contributed by atoms with van der Waals surface area (Å²) < 4.78 is 0. The summed E-state index contributed by atoms with van der Waals surface area (Å²) in [5.74, 6) is -6.66. The first-order valence-electron chi connectivity index (χ1n) is 15.6. The second-order valence-corrected chi connectivity index (χ2v) is 13.1. The molecule has 10 heteroatoms. The zero-order chi connectivity index (χ0) is 34.9. The minimum Gasteiger partial charge on any atom is -0.507 e. The van der Waals surface area contributed by atoms with Crippen LogP contribution in [0.1, 0.15) is 85.1 Å². The summed E-state index contributed by atoms with van der Waals surface area (Å²) in [7, 11) is 0. The van der Waals surface area contributed by atoms with E-state index in [2.05, 4.69) is 0 Å². The quantitative estimate of drug-likeness (QED) is 0.246. The molecule has 46 heavy (non-hydrogen) atoms. The van der Waals surface area contributed by atoms with Crippen molar-refractivity contribution in [1.29, 1.82) is 0 Å². The first-order chi connectivity index (χ1) is 21.3. The van der Waals surface area contributed by atoms with Gasteiger partial charge < -0.3 is 31.3 Å². The van der Waals surface area contributed by atoms with E-state index < -0.39 is 88.9 Å². The van der Waals surface area contributed by atoms with E-state index in [1.165, 1.54) is 39.0 Å². The van der Waals surface area contributed by atoms with Crippen LogP contribution in [-0.4, -0.2) is 79.1 Å². The van der Waals surface area contributed by atoms with E-state index >= 15 is 0 Å². The standard InChI is InChI=1S/C36H47NO9/c1-15-10-9-11-16(2)32(42)28(37)25-19(5)35(45)26-23(36(25)46)14-18(4)31(41)27(26)24(38)13-12-17(3)30(40)21(7)34(44)22(8)33(43)20(6)29(15)39/h9-15,17,20-22,28-30,33-34,39-41,43-44H,37H2,1-8H3. The van der Waals surface area contributed by atoms with Crippen LogP contribution in [0.2, 0.25) is 0 Å². The van der Waals surface area contributed by atoms with Crippen LogP contribution in [0.5, 0.6) is 5.75 Å². The van der Waals surface area contributed by atoms with Gasteiger partial charge in [-0.3, -0.25) is 19.2 Å². The monoisotopic (exact) mass is 637 g/mol. The molecule has 0 heterocycles. The number of hydrogen-bond donors (Lipinski definition) is 6. The van der Waals surface area contributed by atoms with Crippen LogP contribution in [0.3, 0.4) is 0 Å². The van der Waals surface area contributed by atoms with Crippen LogP contribution < -0.4 is 5.73 Å². The van der Waals surface area contributed by atoms with E-state index in [9.17, 15) is 44.7 Å². The Bertz CT molecular complexity index is 1530. The fourth-order valence-corrected chi connectivity index (χ4v) is 6.37. The molecule has 10 unspecified atom stereocenters. The predicted molar refractivity (Wildman–Crippen MR) is 173 cm³/mol. The summed E-state index contributed by atoms with van der Waals surface area (Å²) in [6.07, 6.45) is 2.66. The summed E-state index contributed by atoms with van der Waals surface area (Å²) in [5.41, 5.74) is 5.48. The maximum absolute atomic E-state index is 13.8. The van der Waals surface area contributed by atoms with Gasteiger partial charge in [0.1, 0.15) is 5.75 Å². The van der Waals surface area contributed by atoms with Crippen molar-refractivity contribution < 1.29 is 44.7 Å². The van der Waals surface area contributed by atoms with Crippen molar-refractivity contribution >= 4 is 23.1 Å². The Kier molecular flexibility index (Phi) is 11.6. The molecule has 3 aliphatic carbocycles. The van der Waals surface area contributed by atoms with Crippen LogP contribution >= 0.6 is 0 Å². The number of ketones is 4. The van der Waals surface area contributed by atoms with Crippen molar-refractivity contribution in [3.8, 4) is 5.75 Å². The maximum atomic E-state index is 13.8. The highest BCUT2D eigenvalue weighted by molar-refractivity contribution is 6.32. The van der Waals surface area contributed by atoms with Crippen LogP contribution in [0, 0.1) is 36.5 Å². The van der Waals surface area contributed by atoms with Crippen LogP contribution in [0.15, 0.2) is 53.2 Å². The molecule has 0 spiro atoms. The molecular formula is C36H47NO9. The molecule has 10 atom stereocenters. The number of rotatable bonds is 0. The molecule has 1 aromatic rings. The lowest BCUT2D eigenvalue weighted by atomic mass is 9.76. The fraction of sp³-hybridized carbons (Fsp3) is 0.500. The van der Waals surface area contributed by atoms with E-state index in [-0.39, 0.29) is 39.0 Å². The Balaban J connectivity index is 2.20. The number of aliphatic hydroxyl groups is 4. The van der Waals surface area contributed by atoms with E-state index in [4.69, 9.17) is 5.73 Å². The minimum atomic E-state index is -1.49. The molecule has 3 aliphatic rings. The smallest absolute Gasteiger partial charge is 0.192 e. The Morgan fingerprint density at radius 3 is 1.74 bits per heavy atom. The van der Waals surface area contributed by atoms with Gasteiger partial charge >= 0.3 is 0 Å². The third kappa shape index (κ3) is 6.91. The lowest BCUT2D eigenvalue weighted by molar-refractivity contribution is -0.116. The zero-order valence-corrected chi connectivity index (χ0v) is 27.7. The predicted octanol–water partition coefficient (Wildman–Crippen LogP) is 3.17. The number of aryl methyl sites for hydroxylation is 1. The molecule has 250 valence electrons. The molecule has 0 saturated heterocycles. The number of benzene rings is 1. The highest BCUT2D eigenvalue weighted by Gasteiger charge is 2.40. The summed E-state index contributed by atoms with van der Waals surface area (Å²) in [6, 6.07) is -0.194. The third-order valence-corrected chi connectivity index (χ3v) is 9.80. The largest absolute Gasteiger partial charge is 0.507 e. The Morgan fingerprint density at radius 1 is 0.696 bits per heavy atom. The normalized spacial score (nSPS) is 33.9. The highest BCUT2D eigenvalue weighted by atomic mass is 16.3. The SMILES string of the molecule is CC1=CC=CC(C)C(O)C(C)C(O)C(C)C(O)C(C)C(O)C(C)C=CC(=O)c2c(O)c(C)cc3c2C(=O)C(C)=C(C3=O)C(N)C1=O. The average molecular weight is 638 g/mol. The van der Waals surface area contributed by atoms with Crippen molar-refractivity contribution in [3.63, 3.8) is 0 Å². The molecule has 0 amide bonds.